The molecule has 474 valence electrons. The van der Waals surface area contributed by atoms with Gasteiger partial charge in [-0.15, -0.1) is 0 Å². The van der Waals surface area contributed by atoms with E-state index in [4.69, 9.17) is 59.8 Å². The summed E-state index contributed by atoms with van der Waals surface area (Å²) < 4.78 is 0. The van der Waals surface area contributed by atoms with Crippen LogP contribution in [0.3, 0.4) is 0 Å². The van der Waals surface area contributed by atoms with E-state index in [-0.39, 0.29) is 0 Å². The largest absolute Gasteiger partial charge is 0.246 e. The zero-order valence-corrected chi connectivity index (χ0v) is 54.4. The summed E-state index contributed by atoms with van der Waals surface area (Å²) in [6, 6.07) is 109. The monoisotopic (exact) mass is 1290 g/mol. The maximum atomic E-state index is 5.47. The topological polar surface area (TPSA) is 161 Å². The van der Waals surface area contributed by atoms with Crippen molar-refractivity contribution in [1.82, 2.24) is 59.8 Å². The third-order valence-corrected chi connectivity index (χ3v) is 17.2. The van der Waals surface area contributed by atoms with Crippen molar-refractivity contribution in [3.63, 3.8) is 0 Å². The number of hydrogen-bond donors (Lipinski definition) is 0. The van der Waals surface area contributed by atoms with E-state index in [0.717, 1.165) is 100 Å². The molecule has 100 heavy (non-hydrogen) atoms. The number of nitrogens with zero attached hydrogens (tertiary/aromatic N) is 14. The molecule has 4 heterocycles. The molecule has 0 unspecified atom stereocenters. The van der Waals surface area contributed by atoms with E-state index in [1.54, 1.807) is 0 Å². The van der Waals surface area contributed by atoms with Gasteiger partial charge < -0.3 is 0 Å². The smallest absolute Gasteiger partial charge is 0.241 e. The molecule has 14 nitrogen and oxygen atoms in total. The number of anilines is 6. The Balaban J connectivity index is 0.854. The highest BCUT2D eigenvalue weighted by molar-refractivity contribution is 5.83. The van der Waals surface area contributed by atoms with Gasteiger partial charge in [-0.3, -0.25) is 0 Å². The average Bonchev–Trinajstić information content (AvgIpc) is 0.769. The minimum absolute atomic E-state index is 0.293. The van der Waals surface area contributed by atoms with E-state index in [9.17, 15) is 0 Å². The SMILES string of the molecule is Cc1ccccc1-c1cc(N(c2nc(-c3ccccc3)nc(-c3ccccc3)n2)c2nc(-c3ccccc3)nc(-c3cccc(-c4cccc(-c5nc(-c6ccccc6)nc(N(c6cccc(-c7ccccc7)c6)c6nc(-c7ccccc7)nc(-c7ccccc7)n6)n5)c4)c3)n2)ccc1C. The maximum Gasteiger partial charge on any atom is 0.241 e. The van der Waals surface area contributed by atoms with Gasteiger partial charge in [0.2, 0.25) is 23.8 Å². The van der Waals surface area contributed by atoms with E-state index in [2.05, 4.69) is 105 Å². The first kappa shape index (κ1) is 61.2. The molecule has 0 atom stereocenters. The Morgan fingerprint density at radius 3 is 0.760 bits per heavy atom. The van der Waals surface area contributed by atoms with Gasteiger partial charge in [0.25, 0.3) is 0 Å². The summed E-state index contributed by atoms with van der Waals surface area (Å²) in [6.07, 6.45) is 0. The average molecular weight is 1290 g/mol. The second kappa shape index (κ2) is 27.6. The molecule has 4 aromatic heterocycles. The summed E-state index contributed by atoms with van der Waals surface area (Å²) in [4.78, 5) is 67.3. The Morgan fingerprint density at radius 2 is 0.420 bits per heavy atom. The van der Waals surface area contributed by atoms with Crippen LogP contribution >= 0.6 is 0 Å². The fourth-order valence-corrected chi connectivity index (χ4v) is 12.1. The highest BCUT2D eigenvalue weighted by atomic mass is 15.4. The van der Waals surface area contributed by atoms with Crippen LogP contribution in [0.15, 0.2) is 328 Å². The van der Waals surface area contributed by atoms with Gasteiger partial charge in [-0.2, -0.15) is 39.9 Å². The highest BCUT2D eigenvalue weighted by Crippen LogP contribution is 2.41. The number of rotatable bonds is 17. The van der Waals surface area contributed by atoms with Gasteiger partial charge >= 0.3 is 0 Å². The first-order valence-electron chi connectivity index (χ1n) is 32.9. The molecule has 0 radical (unpaired) electrons. The normalized spacial score (nSPS) is 11.1. The molecule has 0 saturated heterocycles. The molecule has 0 saturated carbocycles. The second-order valence-electron chi connectivity index (χ2n) is 23.9. The third-order valence-electron chi connectivity index (χ3n) is 17.2. The zero-order chi connectivity index (χ0) is 67.1. The molecule has 0 amide bonds. The lowest BCUT2D eigenvalue weighted by molar-refractivity contribution is 0.963. The van der Waals surface area contributed by atoms with Gasteiger partial charge in [-0.1, -0.05) is 291 Å². The minimum atomic E-state index is 0.293. The molecule has 0 aliphatic rings. The van der Waals surface area contributed by atoms with Crippen molar-refractivity contribution in [2.24, 2.45) is 0 Å². The standard InChI is InChI=1S/C86H60N14/c1-57-29-24-25-50-73(57)74-56-72(52-51-58(74)2)100(84-93-77(62-36-16-6-17-37-62)88-78(94-84)63-38-18-7-19-39-63)86-96-80(65-42-22-9-23-43-65)90-82(98-86)70-48-27-45-67(54-70)66-44-26-47-69(53-66)81-89-79(64-40-20-8-21-41-64)95-85(97-81)99(71-49-28-46-68(55-71)59-30-10-3-11-31-59)83-91-75(60-32-12-4-13-33-60)87-76(92-83)61-34-14-5-15-35-61/h3-56H,1-2H3. The summed E-state index contributed by atoms with van der Waals surface area (Å²) in [5.41, 5.74) is 16.0. The molecule has 16 rings (SSSR count). The van der Waals surface area contributed by atoms with Crippen molar-refractivity contribution in [3.8, 4) is 124 Å². The first-order chi connectivity index (χ1) is 49.3. The van der Waals surface area contributed by atoms with Crippen LogP contribution in [0.25, 0.3) is 124 Å². The van der Waals surface area contributed by atoms with Crippen molar-refractivity contribution >= 4 is 35.2 Å². The summed E-state index contributed by atoms with van der Waals surface area (Å²) >= 11 is 0. The zero-order valence-electron chi connectivity index (χ0n) is 54.4. The van der Waals surface area contributed by atoms with Crippen molar-refractivity contribution in [2.75, 3.05) is 9.80 Å². The Bertz CT molecular complexity index is 5470. The maximum absolute atomic E-state index is 5.47. The highest BCUT2D eigenvalue weighted by Gasteiger charge is 2.28. The second-order valence-corrected chi connectivity index (χ2v) is 23.9. The molecule has 0 aliphatic heterocycles. The first-order valence-corrected chi connectivity index (χ1v) is 32.9. The lowest BCUT2D eigenvalue weighted by Crippen LogP contribution is -2.19. The molecule has 14 heteroatoms. The van der Waals surface area contributed by atoms with E-state index < -0.39 is 0 Å². The Morgan fingerprint density at radius 1 is 0.170 bits per heavy atom. The number of benzene rings is 12. The van der Waals surface area contributed by atoms with Crippen molar-refractivity contribution in [2.45, 2.75) is 13.8 Å². The predicted molar refractivity (Wildman–Crippen MR) is 399 cm³/mol. The van der Waals surface area contributed by atoms with Crippen LogP contribution in [0.1, 0.15) is 11.1 Å². The molecule has 0 spiro atoms. The van der Waals surface area contributed by atoms with Crippen molar-refractivity contribution in [3.05, 3.63) is 339 Å². The van der Waals surface area contributed by atoms with Gasteiger partial charge in [0.1, 0.15) is 0 Å². The lowest BCUT2D eigenvalue weighted by atomic mass is 9.96. The Kier molecular flexibility index (Phi) is 16.9. The van der Waals surface area contributed by atoms with Gasteiger partial charge in [-0.25, -0.2) is 29.7 Å². The van der Waals surface area contributed by atoms with E-state index >= 15 is 0 Å². The van der Waals surface area contributed by atoms with E-state index in [1.165, 1.54) is 0 Å². The van der Waals surface area contributed by atoms with Crippen LogP contribution in [0.2, 0.25) is 0 Å². The summed E-state index contributed by atoms with van der Waals surface area (Å²) in [5, 5.41) is 0. The van der Waals surface area contributed by atoms with Crippen LogP contribution in [0, 0.1) is 13.8 Å². The quantitative estimate of drug-likeness (QED) is 0.0847. The molecular weight excluding hydrogens is 1230 g/mol. The fraction of sp³-hybridized carbons (Fsp3) is 0.0233. The van der Waals surface area contributed by atoms with Crippen LogP contribution in [0.4, 0.5) is 35.2 Å². The van der Waals surface area contributed by atoms with E-state index in [0.29, 0.717) is 70.4 Å². The minimum Gasteiger partial charge on any atom is -0.246 e. The molecule has 16 aromatic rings. The molecule has 0 bridgehead atoms. The van der Waals surface area contributed by atoms with Crippen molar-refractivity contribution < 1.29 is 0 Å². The Hall–Kier alpha value is -13.7. The summed E-state index contributed by atoms with van der Waals surface area (Å²) in [7, 11) is 0. The molecule has 0 aliphatic carbocycles. The molecule has 0 fully saturated rings. The molecular formula is C86H60N14. The number of hydrogen-bond acceptors (Lipinski definition) is 14. The van der Waals surface area contributed by atoms with Gasteiger partial charge in [0, 0.05) is 44.5 Å². The fourth-order valence-electron chi connectivity index (χ4n) is 12.1. The predicted octanol–water partition coefficient (Wildman–Crippen LogP) is 20.3. The van der Waals surface area contributed by atoms with Crippen LogP contribution in [-0.4, -0.2) is 59.8 Å². The van der Waals surface area contributed by atoms with E-state index in [1.807, 2.05) is 246 Å². The van der Waals surface area contributed by atoms with Crippen LogP contribution in [-0.2, 0) is 0 Å². The molecule has 12 aromatic carbocycles. The molecule has 0 N–H and O–H groups in total. The van der Waals surface area contributed by atoms with Gasteiger partial charge in [0.15, 0.2) is 46.6 Å². The summed E-state index contributed by atoms with van der Waals surface area (Å²) in [6.45, 7) is 4.26. The summed E-state index contributed by atoms with van der Waals surface area (Å²) in [5.74, 6) is 4.92. The van der Waals surface area contributed by atoms with Crippen LogP contribution < -0.4 is 9.80 Å². The van der Waals surface area contributed by atoms with Crippen molar-refractivity contribution in [1.29, 1.82) is 0 Å². The van der Waals surface area contributed by atoms with Gasteiger partial charge in [-0.05, 0) is 94.8 Å². The lowest BCUT2D eigenvalue weighted by Gasteiger charge is -2.24. The van der Waals surface area contributed by atoms with Gasteiger partial charge in [0.05, 0.1) is 11.4 Å². The van der Waals surface area contributed by atoms with Crippen LogP contribution in [0.5, 0.6) is 0 Å². The number of aromatic nitrogens is 12. The Labute approximate surface area is 578 Å². The number of aryl methyl sites for hydroxylation is 2. The third kappa shape index (κ3) is 13.0.